The van der Waals surface area contributed by atoms with Gasteiger partial charge < -0.3 is 15.2 Å². The number of amides is 1. The predicted octanol–water partition coefficient (Wildman–Crippen LogP) is 7.52. The first-order valence-electron chi connectivity index (χ1n) is 14.1. The Morgan fingerprint density at radius 3 is 2.21 bits per heavy atom. The van der Waals surface area contributed by atoms with Crippen LogP contribution in [-0.4, -0.2) is 30.1 Å². The van der Waals surface area contributed by atoms with Gasteiger partial charge in [0.25, 0.3) is 5.91 Å². The highest BCUT2D eigenvalue weighted by molar-refractivity contribution is 5.94. The van der Waals surface area contributed by atoms with Crippen molar-refractivity contribution >= 4 is 11.9 Å². The van der Waals surface area contributed by atoms with Gasteiger partial charge >= 0.3 is 5.97 Å². The summed E-state index contributed by atoms with van der Waals surface area (Å²) >= 11 is 0. The Balaban J connectivity index is 1.35. The molecule has 0 radical (unpaired) electrons. The monoisotopic (exact) mass is 527 g/mol. The van der Waals surface area contributed by atoms with Crippen LogP contribution in [-0.2, 0) is 10.2 Å². The highest BCUT2D eigenvalue weighted by Crippen LogP contribution is 2.43. The molecule has 1 saturated carbocycles. The second-order valence-electron chi connectivity index (χ2n) is 11.8. The minimum atomic E-state index is -0.932. The smallest absolute Gasteiger partial charge is 0.305 e. The highest BCUT2D eigenvalue weighted by Gasteiger charge is 2.29. The van der Waals surface area contributed by atoms with Gasteiger partial charge in [-0.1, -0.05) is 63.2 Å². The van der Waals surface area contributed by atoms with Gasteiger partial charge in [0.1, 0.15) is 5.75 Å². The maximum Gasteiger partial charge on any atom is 0.305 e. The van der Waals surface area contributed by atoms with Gasteiger partial charge in [-0.3, -0.25) is 9.59 Å². The summed E-state index contributed by atoms with van der Waals surface area (Å²) in [6.07, 6.45) is 4.51. The van der Waals surface area contributed by atoms with E-state index >= 15 is 0 Å². The van der Waals surface area contributed by atoms with E-state index in [4.69, 9.17) is 9.84 Å². The molecule has 206 valence electrons. The summed E-state index contributed by atoms with van der Waals surface area (Å²) in [5, 5.41) is 11.3. The average molecular weight is 528 g/mol. The van der Waals surface area contributed by atoms with Crippen LogP contribution in [0.3, 0.4) is 0 Å². The number of aliphatic carboxylic acids is 1. The van der Waals surface area contributed by atoms with Crippen LogP contribution in [0.1, 0.15) is 85.8 Å². The van der Waals surface area contributed by atoms with Crippen molar-refractivity contribution < 1.29 is 19.4 Å². The van der Waals surface area contributed by atoms with Crippen molar-refractivity contribution in [2.45, 2.75) is 71.1 Å². The molecule has 0 aliphatic heterocycles. The fourth-order valence-electron chi connectivity index (χ4n) is 5.94. The molecule has 39 heavy (non-hydrogen) atoms. The third kappa shape index (κ3) is 7.29. The van der Waals surface area contributed by atoms with Crippen LogP contribution in [0.15, 0.2) is 66.7 Å². The predicted molar refractivity (Wildman–Crippen MR) is 157 cm³/mol. The van der Waals surface area contributed by atoms with Crippen LogP contribution in [0.4, 0.5) is 0 Å². The lowest BCUT2D eigenvalue weighted by Crippen LogP contribution is -2.25. The molecular formula is C34H41NO4. The largest absolute Gasteiger partial charge is 0.493 e. The Morgan fingerprint density at radius 1 is 0.923 bits per heavy atom. The summed E-state index contributed by atoms with van der Waals surface area (Å²) in [7, 11) is 0. The average Bonchev–Trinajstić information content (AvgIpc) is 2.92. The molecule has 0 saturated heterocycles. The van der Waals surface area contributed by atoms with E-state index in [-0.39, 0.29) is 24.3 Å². The van der Waals surface area contributed by atoms with Crippen molar-refractivity contribution in [3.8, 4) is 16.9 Å². The van der Waals surface area contributed by atoms with Crippen molar-refractivity contribution in [3.05, 3.63) is 89.0 Å². The van der Waals surface area contributed by atoms with Gasteiger partial charge in [0.2, 0.25) is 0 Å². The summed E-state index contributed by atoms with van der Waals surface area (Å²) in [5.41, 5.74) is 7.58. The SMILES string of the molecule is Cc1c(-c2ccccc2)ccc(C2CCC(COc3ccc(C(=O)NCCC(=O)O)cc3)CC2)c1C(C)(C)C. The molecule has 1 aliphatic rings. The zero-order chi connectivity index (χ0) is 28.0. The van der Waals surface area contributed by atoms with Crippen molar-refractivity contribution in [2.75, 3.05) is 13.2 Å². The third-order valence-corrected chi connectivity index (χ3v) is 7.85. The number of carbonyl (C=O) groups is 2. The summed E-state index contributed by atoms with van der Waals surface area (Å²) in [6.45, 7) is 10.1. The number of hydrogen-bond acceptors (Lipinski definition) is 3. The van der Waals surface area contributed by atoms with Crippen molar-refractivity contribution in [1.82, 2.24) is 5.32 Å². The molecule has 0 heterocycles. The van der Waals surface area contributed by atoms with Crippen molar-refractivity contribution in [1.29, 1.82) is 0 Å². The first-order valence-corrected chi connectivity index (χ1v) is 14.1. The zero-order valence-electron chi connectivity index (χ0n) is 23.6. The minimum absolute atomic E-state index is 0.0729. The number of nitrogens with one attached hydrogen (secondary N) is 1. The Kier molecular flexibility index (Phi) is 9.11. The molecule has 5 heteroatoms. The molecule has 1 aliphatic carbocycles. The van der Waals surface area contributed by atoms with Crippen LogP contribution in [0.5, 0.6) is 5.75 Å². The number of rotatable bonds is 9. The molecule has 1 amide bonds. The Bertz CT molecular complexity index is 1270. The Hall–Kier alpha value is -3.60. The second-order valence-corrected chi connectivity index (χ2v) is 11.8. The zero-order valence-corrected chi connectivity index (χ0v) is 23.6. The molecule has 0 atom stereocenters. The fourth-order valence-corrected chi connectivity index (χ4v) is 5.94. The van der Waals surface area contributed by atoms with Crippen LogP contribution in [0, 0.1) is 12.8 Å². The minimum Gasteiger partial charge on any atom is -0.493 e. The third-order valence-electron chi connectivity index (χ3n) is 7.85. The van der Waals surface area contributed by atoms with E-state index in [9.17, 15) is 9.59 Å². The normalized spacial score (nSPS) is 17.4. The summed E-state index contributed by atoms with van der Waals surface area (Å²) in [5.74, 6) is 0.629. The van der Waals surface area contributed by atoms with Crippen LogP contribution >= 0.6 is 0 Å². The van der Waals surface area contributed by atoms with E-state index in [1.54, 1.807) is 12.1 Å². The first kappa shape index (κ1) is 28.4. The maximum absolute atomic E-state index is 12.1. The van der Waals surface area contributed by atoms with E-state index in [1.165, 1.54) is 27.8 Å². The molecular weight excluding hydrogens is 486 g/mol. The Labute approximate surface area is 232 Å². The number of carboxylic acid groups (broad SMARTS) is 1. The number of ether oxygens (including phenoxy) is 1. The van der Waals surface area contributed by atoms with Gasteiger partial charge in [0.05, 0.1) is 13.0 Å². The second kappa shape index (κ2) is 12.5. The molecule has 4 rings (SSSR count). The van der Waals surface area contributed by atoms with Gasteiger partial charge in [-0.15, -0.1) is 0 Å². The van der Waals surface area contributed by atoms with E-state index < -0.39 is 5.97 Å². The molecule has 0 spiro atoms. The maximum atomic E-state index is 12.1. The summed E-state index contributed by atoms with van der Waals surface area (Å²) in [6, 6.07) is 22.5. The lowest BCUT2D eigenvalue weighted by molar-refractivity contribution is -0.136. The molecule has 3 aromatic rings. The number of hydrogen-bond donors (Lipinski definition) is 2. The molecule has 0 unspecified atom stereocenters. The van der Waals surface area contributed by atoms with Gasteiger partial charge in [0, 0.05) is 12.1 Å². The van der Waals surface area contributed by atoms with Crippen LogP contribution in [0.25, 0.3) is 11.1 Å². The highest BCUT2D eigenvalue weighted by atomic mass is 16.5. The topological polar surface area (TPSA) is 75.6 Å². The van der Waals surface area contributed by atoms with E-state index in [0.717, 1.165) is 31.4 Å². The molecule has 5 nitrogen and oxygen atoms in total. The van der Waals surface area contributed by atoms with Gasteiger partial charge in [-0.25, -0.2) is 0 Å². The van der Waals surface area contributed by atoms with E-state index in [1.807, 2.05) is 12.1 Å². The van der Waals surface area contributed by atoms with Gasteiger partial charge in [-0.2, -0.15) is 0 Å². The molecule has 3 aromatic carbocycles. The van der Waals surface area contributed by atoms with E-state index in [0.29, 0.717) is 24.0 Å². The van der Waals surface area contributed by atoms with Gasteiger partial charge in [-0.05, 0) is 102 Å². The lowest BCUT2D eigenvalue weighted by atomic mass is 9.71. The van der Waals surface area contributed by atoms with Crippen molar-refractivity contribution in [2.24, 2.45) is 5.92 Å². The molecule has 2 N–H and O–H groups in total. The summed E-state index contributed by atoms with van der Waals surface area (Å²) < 4.78 is 6.09. The van der Waals surface area contributed by atoms with E-state index in [2.05, 4.69) is 75.5 Å². The molecule has 0 aromatic heterocycles. The standard InChI is InChI=1S/C34H41NO4/c1-23-29(25-8-6-5-7-9-25)18-19-30(32(23)34(2,3)4)26-12-10-24(11-13-26)22-39-28-16-14-27(15-17-28)33(38)35-21-20-31(36)37/h5-9,14-19,24,26H,10-13,20-22H2,1-4H3,(H,35,38)(H,36,37). The fraction of sp³-hybridized carbons (Fsp3) is 0.412. The Morgan fingerprint density at radius 2 is 1.59 bits per heavy atom. The van der Waals surface area contributed by atoms with Crippen molar-refractivity contribution in [3.63, 3.8) is 0 Å². The summed E-state index contributed by atoms with van der Waals surface area (Å²) in [4.78, 5) is 22.8. The number of benzene rings is 3. The number of carbonyl (C=O) groups excluding carboxylic acids is 1. The van der Waals surface area contributed by atoms with Crippen LogP contribution in [0.2, 0.25) is 0 Å². The van der Waals surface area contributed by atoms with Gasteiger partial charge in [0.15, 0.2) is 0 Å². The molecule has 0 bridgehead atoms. The molecule has 1 fully saturated rings. The number of carboxylic acids is 1. The van der Waals surface area contributed by atoms with Crippen LogP contribution < -0.4 is 10.1 Å². The lowest BCUT2D eigenvalue weighted by Gasteiger charge is -2.34. The first-order chi connectivity index (χ1) is 18.6. The quantitative estimate of drug-likeness (QED) is 0.302.